The van der Waals surface area contributed by atoms with Crippen molar-refractivity contribution in [1.82, 2.24) is 26.0 Å². The van der Waals surface area contributed by atoms with E-state index in [0.29, 0.717) is 25.8 Å². The topological polar surface area (TPSA) is 111 Å². The van der Waals surface area contributed by atoms with E-state index in [4.69, 9.17) is 0 Å². The van der Waals surface area contributed by atoms with Gasteiger partial charge in [-0.25, -0.2) is 9.80 Å². The van der Waals surface area contributed by atoms with Crippen LogP contribution in [0.5, 0.6) is 0 Å². The Balaban J connectivity index is 1.81. The number of carbonyl (C=O) groups is 4. The normalized spacial score (nSPS) is 17.1. The van der Waals surface area contributed by atoms with Gasteiger partial charge in [-0.05, 0) is 57.1 Å². The van der Waals surface area contributed by atoms with E-state index in [1.807, 2.05) is 95.3 Å². The molecule has 0 aromatic heterocycles. The Kier molecular flexibility index (Phi) is 10.8. The van der Waals surface area contributed by atoms with Crippen LogP contribution in [-0.4, -0.2) is 64.4 Å². The molecule has 0 unspecified atom stereocenters. The van der Waals surface area contributed by atoms with Crippen LogP contribution in [0.3, 0.4) is 0 Å². The number of nitrogens with zero attached hydrogens (tertiary/aromatic N) is 2. The Labute approximate surface area is 237 Å². The smallest absolute Gasteiger partial charge is 0.332 e. The standard InChI is InChI=1S/C31H43N5O4/c1-22(2)27(29(39)34-31(3,4)5)33-28(38)26-17-12-18-35(26)36(20-24-15-10-7-11-16-24)30(40)32-25(21-37)19-23-13-8-6-9-14-23/h6-11,13-16,21-22,25-27H,12,17-20H2,1-5H3,(H,32,40)(H,33,38)(H,34,39)/t25-,26-,27-/m0/s1. The summed E-state index contributed by atoms with van der Waals surface area (Å²) in [5.41, 5.74) is 1.38. The Hall–Kier alpha value is -3.72. The van der Waals surface area contributed by atoms with Crippen molar-refractivity contribution in [3.05, 3.63) is 71.8 Å². The average Bonchev–Trinajstić information content (AvgIpc) is 3.39. The first-order valence-electron chi connectivity index (χ1n) is 14.0. The van der Waals surface area contributed by atoms with Crippen molar-refractivity contribution in [2.45, 2.75) is 84.1 Å². The highest BCUT2D eigenvalue weighted by Gasteiger charge is 2.39. The molecule has 2 aromatic carbocycles. The van der Waals surface area contributed by atoms with Gasteiger partial charge in [0.1, 0.15) is 18.4 Å². The van der Waals surface area contributed by atoms with Gasteiger partial charge in [-0.3, -0.25) is 14.6 Å². The molecular formula is C31H43N5O4. The number of amides is 4. The zero-order valence-corrected chi connectivity index (χ0v) is 24.2. The molecule has 40 heavy (non-hydrogen) atoms. The van der Waals surface area contributed by atoms with Crippen LogP contribution in [0.1, 0.15) is 58.6 Å². The van der Waals surface area contributed by atoms with Crippen LogP contribution in [0.15, 0.2) is 60.7 Å². The Morgan fingerprint density at radius 3 is 2.12 bits per heavy atom. The van der Waals surface area contributed by atoms with Gasteiger partial charge in [-0.2, -0.15) is 0 Å². The van der Waals surface area contributed by atoms with E-state index in [0.717, 1.165) is 17.4 Å². The maximum atomic E-state index is 13.7. The number of aldehydes is 1. The van der Waals surface area contributed by atoms with Crippen molar-refractivity contribution in [2.75, 3.05) is 6.54 Å². The predicted octanol–water partition coefficient (Wildman–Crippen LogP) is 3.44. The third-order valence-electron chi connectivity index (χ3n) is 6.76. The zero-order valence-electron chi connectivity index (χ0n) is 24.2. The van der Waals surface area contributed by atoms with E-state index >= 15 is 0 Å². The molecule has 3 N–H and O–H groups in total. The van der Waals surface area contributed by atoms with Gasteiger partial charge in [0, 0.05) is 12.1 Å². The molecule has 1 saturated heterocycles. The minimum absolute atomic E-state index is 0.129. The number of hydrogen-bond donors (Lipinski definition) is 3. The summed E-state index contributed by atoms with van der Waals surface area (Å²) in [6.45, 7) is 10.2. The van der Waals surface area contributed by atoms with Crippen molar-refractivity contribution in [1.29, 1.82) is 0 Å². The van der Waals surface area contributed by atoms with Crippen LogP contribution in [0.2, 0.25) is 0 Å². The van der Waals surface area contributed by atoms with Crippen molar-refractivity contribution < 1.29 is 19.2 Å². The van der Waals surface area contributed by atoms with Crippen molar-refractivity contribution in [3.8, 4) is 0 Å². The van der Waals surface area contributed by atoms with Gasteiger partial charge in [0.25, 0.3) is 0 Å². The summed E-state index contributed by atoms with van der Waals surface area (Å²) in [6, 6.07) is 16.5. The SMILES string of the molecule is CC(C)[C@H](NC(=O)[C@@H]1CCCN1N(Cc1ccccc1)C(=O)N[C@H](C=O)Cc1ccccc1)C(=O)NC(C)(C)C. The van der Waals surface area contributed by atoms with Crippen molar-refractivity contribution in [2.24, 2.45) is 5.92 Å². The van der Waals surface area contributed by atoms with Gasteiger partial charge in [-0.15, -0.1) is 0 Å². The maximum absolute atomic E-state index is 13.7. The average molecular weight is 550 g/mol. The molecule has 3 rings (SSSR count). The molecule has 1 heterocycles. The third-order valence-corrected chi connectivity index (χ3v) is 6.76. The number of benzene rings is 2. The lowest BCUT2D eigenvalue weighted by atomic mass is 10.0. The van der Waals surface area contributed by atoms with Crippen LogP contribution >= 0.6 is 0 Å². The first kappa shape index (κ1) is 30.8. The molecule has 3 atom stereocenters. The van der Waals surface area contributed by atoms with Gasteiger partial charge >= 0.3 is 6.03 Å². The van der Waals surface area contributed by atoms with E-state index in [1.54, 1.807) is 5.01 Å². The number of nitrogens with one attached hydrogen (secondary N) is 3. The molecule has 0 spiro atoms. The summed E-state index contributed by atoms with van der Waals surface area (Å²) in [5.74, 6) is -0.674. The summed E-state index contributed by atoms with van der Waals surface area (Å²) in [7, 11) is 0. The fourth-order valence-corrected chi connectivity index (χ4v) is 4.81. The number of carbonyl (C=O) groups excluding carboxylic acids is 4. The van der Waals surface area contributed by atoms with E-state index in [2.05, 4.69) is 16.0 Å². The molecule has 9 nitrogen and oxygen atoms in total. The molecule has 1 fully saturated rings. The second-order valence-corrected chi connectivity index (χ2v) is 11.7. The summed E-state index contributed by atoms with van der Waals surface area (Å²) >= 11 is 0. The van der Waals surface area contributed by atoms with Crippen LogP contribution in [-0.2, 0) is 27.3 Å². The highest BCUT2D eigenvalue weighted by molar-refractivity contribution is 5.90. The molecule has 0 aliphatic carbocycles. The van der Waals surface area contributed by atoms with E-state index in [9.17, 15) is 19.2 Å². The number of hydrazine groups is 1. The van der Waals surface area contributed by atoms with Crippen LogP contribution in [0, 0.1) is 5.92 Å². The lowest BCUT2D eigenvalue weighted by Crippen LogP contribution is -2.60. The first-order chi connectivity index (χ1) is 19.0. The minimum atomic E-state index is -0.727. The van der Waals surface area contributed by atoms with E-state index in [1.165, 1.54) is 5.01 Å². The number of rotatable bonds is 11. The molecule has 4 amide bonds. The highest BCUT2D eigenvalue weighted by Crippen LogP contribution is 2.23. The second-order valence-electron chi connectivity index (χ2n) is 11.7. The predicted molar refractivity (Wildman–Crippen MR) is 155 cm³/mol. The van der Waals surface area contributed by atoms with Crippen molar-refractivity contribution in [3.63, 3.8) is 0 Å². The lowest BCUT2D eigenvalue weighted by Gasteiger charge is -2.37. The fourth-order valence-electron chi connectivity index (χ4n) is 4.81. The molecule has 0 radical (unpaired) electrons. The molecule has 2 aromatic rings. The van der Waals surface area contributed by atoms with Gasteiger partial charge < -0.3 is 20.7 Å². The zero-order chi connectivity index (χ0) is 29.3. The Bertz CT molecular complexity index is 1130. The molecule has 216 valence electrons. The summed E-state index contributed by atoms with van der Waals surface area (Å²) < 4.78 is 0. The quantitative estimate of drug-likeness (QED) is 0.372. The van der Waals surface area contributed by atoms with Gasteiger partial charge in [0.2, 0.25) is 11.8 Å². The van der Waals surface area contributed by atoms with Gasteiger partial charge in [0.05, 0.1) is 12.6 Å². The van der Waals surface area contributed by atoms with Crippen molar-refractivity contribution >= 4 is 24.1 Å². The van der Waals surface area contributed by atoms with E-state index < -0.39 is 29.7 Å². The fraction of sp³-hybridized carbons (Fsp3) is 0.484. The van der Waals surface area contributed by atoms with Crippen LogP contribution in [0.4, 0.5) is 4.79 Å². The molecule has 0 saturated carbocycles. The first-order valence-corrected chi connectivity index (χ1v) is 14.0. The molecule has 9 heteroatoms. The third kappa shape index (κ3) is 8.91. The van der Waals surface area contributed by atoms with Gasteiger partial charge in [0.15, 0.2) is 0 Å². The minimum Gasteiger partial charge on any atom is -0.350 e. The Morgan fingerprint density at radius 2 is 1.57 bits per heavy atom. The summed E-state index contributed by atoms with van der Waals surface area (Å²) in [4.78, 5) is 52.2. The van der Waals surface area contributed by atoms with Gasteiger partial charge in [-0.1, -0.05) is 74.5 Å². The van der Waals surface area contributed by atoms with E-state index in [-0.39, 0.29) is 24.3 Å². The molecular weight excluding hydrogens is 506 g/mol. The summed E-state index contributed by atoms with van der Waals surface area (Å²) in [5, 5.41) is 12.0. The number of hydrogen-bond acceptors (Lipinski definition) is 5. The lowest BCUT2D eigenvalue weighted by molar-refractivity contribution is -0.136. The van der Waals surface area contributed by atoms with Crippen LogP contribution in [0.25, 0.3) is 0 Å². The molecule has 1 aliphatic heterocycles. The maximum Gasteiger partial charge on any atom is 0.332 e. The molecule has 0 bridgehead atoms. The monoisotopic (exact) mass is 549 g/mol. The Morgan fingerprint density at radius 1 is 0.975 bits per heavy atom. The van der Waals surface area contributed by atoms with Crippen LogP contribution < -0.4 is 16.0 Å². The highest BCUT2D eigenvalue weighted by atomic mass is 16.2. The second kappa shape index (κ2) is 14.1. The molecule has 1 aliphatic rings. The number of urea groups is 1. The largest absolute Gasteiger partial charge is 0.350 e. The summed E-state index contributed by atoms with van der Waals surface area (Å²) in [6.07, 6.45) is 2.34.